The lowest BCUT2D eigenvalue weighted by Crippen LogP contribution is -2.26. The molecule has 0 saturated carbocycles. The standard InChI is InChI=1S/C20H17N5O4S/c21-18-17-16(29-20(26)22-11-14-7-3-1-4-8-14)12-25(19(17)24-13-23-18)30(27,28)15-9-5-2-6-10-15/h1-10,12-13H,11H2,(H,22,26)(H2,21,23,24). The highest BCUT2D eigenvalue weighted by Crippen LogP contribution is 2.33. The number of carbonyl (C=O) groups excluding carboxylic acids is 1. The first-order valence-electron chi connectivity index (χ1n) is 8.88. The van der Waals surface area contributed by atoms with Crippen molar-refractivity contribution in [2.75, 3.05) is 5.73 Å². The number of anilines is 1. The molecule has 0 aliphatic heterocycles. The van der Waals surface area contributed by atoms with E-state index in [-0.39, 0.29) is 34.0 Å². The Labute approximate surface area is 172 Å². The van der Waals surface area contributed by atoms with Crippen LogP contribution >= 0.6 is 0 Å². The molecule has 0 aliphatic rings. The van der Waals surface area contributed by atoms with Crippen molar-refractivity contribution in [1.82, 2.24) is 19.3 Å². The van der Waals surface area contributed by atoms with Crippen molar-refractivity contribution in [2.45, 2.75) is 11.4 Å². The van der Waals surface area contributed by atoms with Crippen molar-refractivity contribution in [3.05, 3.63) is 78.8 Å². The summed E-state index contributed by atoms with van der Waals surface area (Å²) in [6.45, 7) is 0.243. The molecule has 152 valence electrons. The molecular weight excluding hydrogens is 406 g/mol. The minimum atomic E-state index is -3.99. The first-order chi connectivity index (χ1) is 14.5. The lowest BCUT2D eigenvalue weighted by Gasteiger charge is -2.06. The van der Waals surface area contributed by atoms with E-state index in [9.17, 15) is 13.2 Å². The van der Waals surface area contributed by atoms with E-state index in [1.54, 1.807) is 18.2 Å². The van der Waals surface area contributed by atoms with Crippen LogP contribution in [0.4, 0.5) is 10.6 Å². The minimum Gasteiger partial charge on any atom is -0.408 e. The van der Waals surface area contributed by atoms with Gasteiger partial charge in [0.2, 0.25) is 0 Å². The lowest BCUT2D eigenvalue weighted by molar-refractivity contribution is 0.200. The fourth-order valence-electron chi connectivity index (χ4n) is 2.90. The van der Waals surface area contributed by atoms with Crippen LogP contribution in [0.2, 0.25) is 0 Å². The number of nitrogens with one attached hydrogen (secondary N) is 1. The average Bonchev–Trinajstić information content (AvgIpc) is 3.14. The molecule has 3 N–H and O–H groups in total. The molecule has 1 amide bonds. The highest BCUT2D eigenvalue weighted by Gasteiger charge is 2.25. The van der Waals surface area contributed by atoms with Gasteiger partial charge in [0, 0.05) is 6.54 Å². The molecular formula is C20H17N5O4S. The van der Waals surface area contributed by atoms with E-state index in [1.807, 2.05) is 30.3 Å². The first kappa shape index (κ1) is 19.4. The van der Waals surface area contributed by atoms with E-state index < -0.39 is 16.1 Å². The molecule has 0 aliphatic carbocycles. The van der Waals surface area contributed by atoms with Gasteiger partial charge in [-0.2, -0.15) is 0 Å². The van der Waals surface area contributed by atoms with E-state index in [2.05, 4.69) is 15.3 Å². The van der Waals surface area contributed by atoms with Gasteiger partial charge in [0.05, 0.1) is 11.1 Å². The third-order valence-corrected chi connectivity index (χ3v) is 5.99. The molecule has 0 atom stereocenters. The molecule has 0 unspecified atom stereocenters. The Kier molecular flexibility index (Phi) is 5.07. The van der Waals surface area contributed by atoms with Crippen molar-refractivity contribution in [1.29, 1.82) is 0 Å². The number of nitrogens with zero attached hydrogens (tertiary/aromatic N) is 3. The third-order valence-electron chi connectivity index (χ3n) is 4.33. The Bertz CT molecular complexity index is 1310. The summed E-state index contributed by atoms with van der Waals surface area (Å²) < 4.78 is 32.4. The van der Waals surface area contributed by atoms with Crippen LogP contribution in [0.5, 0.6) is 5.75 Å². The highest BCUT2D eigenvalue weighted by molar-refractivity contribution is 7.90. The highest BCUT2D eigenvalue weighted by atomic mass is 32.2. The van der Waals surface area contributed by atoms with Crippen molar-refractivity contribution in [3.63, 3.8) is 0 Å². The number of aromatic nitrogens is 3. The van der Waals surface area contributed by atoms with Crippen molar-refractivity contribution in [2.24, 2.45) is 0 Å². The summed E-state index contributed by atoms with van der Waals surface area (Å²) in [4.78, 5) is 20.3. The van der Waals surface area contributed by atoms with E-state index in [0.717, 1.165) is 15.9 Å². The number of hydrogen-bond acceptors (Lipinski definition) is 7. The Morgan fingerprint density at radius 1 is 1.03 bits per heavy atom. The zero-order valence-electron chi connectivity index (χ0n) is 15.6. The molecule has 0 radical (unpaired) electrons. The summed E-state index contributed by atoms with van der Waals surface area (Å²) in [6.07, 6.45) is 1.55. The van der Waals surface area contributed by atoms with Gasteiger partial charge >= 0.3 is 6.09 Å². The molecule has 4 rings (SSSR count). The second-order valence-corrected chi connectivity index (χ2v) is 8.11. The van der Waals surface area contributed by atoms with Gasteiger partial charge in [-0.3, -0.25) is 0 Å². The van der Waals surface area contributed by atoms with Crippen molar-refractivity contribution >= 4 is 33.0 Å². The number of nitrogen functional groups attached to an aromatic ring is 1. The van der Waals surface area contributed by atoms with Crippen LogP contribution in [-0.2, 0) is 16.6 Å². The molecule has 0 spiro atoms. The zero-order chi connectivity index (χ0) is 21.1. The third kappa shape index (κ3) is 3.67. The average molecular weight is 423 g/mol. The largest absolute Gasteiger partial charge is 0.412 e. The fraction of sp³-hybridized carbons (Fsp3) is 0.0500. The number of rotatable bonds is 5. The van der Waals surface area contributed by atoms with Gasteiger partial charge in [-0.25, -0.2) is 27.2 Å². The summed E-state index contributed by atoms with van der Waals surface area (Å²) in [5, 5.41) is 2.74. The Hall–Kier alpha value is -3.92. The molecule has 4 aromatic rings. The van der Waals surface area contributed by atoms with Gasteiger partial charge in [-0.15, -0.1) is 0 Å². The zero-order valence-corrected chi connectivity index (χ0v) is 16.4. The van der Waals surface area contributed by atoms with Gasteiger partial charge in [0.15, 0.2) is 11.4 Å². The predicted molar refractivity (Wildman–Crippen MR) is 110 cm³/mol. The number of hydrogen-bond donors (Lipinski definition) is 2. The van der Waals surface area contributed by atoms with Gasteiger partial charge in [-0.05, 0) is 17.7 Å². The maximum atomic E-state index is 13.1. The summed E-state index contributed by atoms with van der Waals surface area (Å²) in [6, 6.07) is 17.1. The van der Waals surface area contributed by atoms with Crippen molar-refractivity contribution < 1.29 is 17.9 Å². The minimum absolute atomic E-state index is 0.00660. The van der Waals surface area contributed by atoms with Crippen LogP contribution in [0.3, 0.4) is 0 Å². The molecule has 2 aromatic carbocycles. The number of ether oxygens (including phenoxy) is 1. The van der Waals surface area contributed by atoms with Crippen molar-refractivity contribution in [3.8, 4) is 5.75 Å². The summed E-state index contributed by atoms with van der Waals surface area (Å²) in [7, 11) is -3.99. The molecule has 0 fully saturated rings. The Morgan fingerprint density at radius 3 is 2.40 bits per heavy atom. The number of nitrogens with two attached hydrogens (primary N) is 1. The molecule has 0 saturated heterocycles. The second kappa shape index (κ2) is 7.84. The normalized spacial score (nSPS) is 11.3. The Morgan fingerprint density at radius 2 is 1.70 bits per heavy atom. The van der Waals surface area contributed by atoms with E-state index in [4.69, 9.17) is 10.5 Å². The first-order valence-corrected chi connectivity index (χ1v) is 10.3. The van der Waals surface area contributed by atoms with E-state index in [1.165, 1.54) is 18.3 Å². The molecule has 2 aromatic heterocycles. The quantitative estimate of drug-likeness (QED) is 0.504. The number of benzene rings is 2. The van der Waals surface area contributed by atoms with Gasteiger partial charge in [0.1, 0.15) is 17.5 Å². The van der Waals surface area contributed by atoms with Crippen LogP contribution in [0.1, 0.15) is 5.56 Å². The van der Waals surface area contributed by atoms with E-state index in [0.29, 0.717) is 0 Å². The number of amides is 1. The maximum absolute atomic E-state index is 13.1. The second-order valence-electron chi connectivity index (χ2n) is 6.29. The maximum Gasteiger partial charge on any atom is 0.412 e. The van der Waals surface area contributed by atoms with Crippen LogP contribution in [0.25, 0.3) is 11.0 Å². The van der Waals surface area contributed by atoms with Gasteiger partial charge in [0.25, 0.3) is 10.0 Å². The van der Waals surface area contributed by atoms with Crippen LogP contribution in [0, 0.1) is 0 Å². The lowest BCUT2D eigenvalue weighted by atomic mass is 10.2. The predicted octanol–water partition coefficient (Wildman–Crippen LogP) is 2.54. The van der Waals surface area contributed by atoms with Gasteiger partial charge in [-0.1, -0.05) is 48.5 Å². The van der Waals surface area contributed by atoms with E-state index >= 15 is 0 Å². The summed E-state index contributed by atoms with van der Waals surface area (Å²) in [5.74, 6) is -0.0685. The number of carbonyl (C=O) groups is 1. The molecule has 30 heavy (non-hydrogen) atoms. The SMILES string of the molecule is Nc1ncnc2c1c(OC(=O)NCc1ccccc1)cn2S(=O)(=O)c1ccccc1. The molecule has 9 nitrogen and oxygen atoms in total. The summed E-state index contributed by atoms with van der Waals surface area (Å²) >= 11 is 0. The molecule has 0 bridgehead atoms. The topological polar surface area (TPSA) is 129 Å². The fourth-order valence-corrected chi connectivity index (χ4v) is 4.23. The van der Waals surface area contributed by atoms with Crippen LogP contribution < -0.4 is 15.8 Å². The Balaban J connectivity index is 1.68. The van der Waals surface area contributed by atoms with Crippen LogP contribution in [0.15, 0.2) is 78.1 Å². The monoisotopic (exact) mass is 423 g/mol. The molecule has 10 heteroatoms. The summed E-state index contributed by atoms with van der Waals surface area (Å²) in [5.41, 5.74) is 6.81. The molecule has 2 heterocycles. The van der Waals surface area contributed by atoms with Crippen LogP contribution in [-0.4, -0.2) is 28.5 Å². The van der Waals surface area contributed by atoms with Gasteiger partial charge < -0.3 is 15.8 Å². The smallest absolute Gasteiger partial charge is 0.408 e. The number of fused-ring (bicyclic) bond motifs is 1.